The summed E-state index contributed by atoms with van der Waals surface area (Å²) in [5.74, 6) is 0. The second-order valence-corrected chi connectivity index (χ2v) is 41.0. The second kappa shape index (κ2) is 41.6. The molecule has 0 unspecified atom stereocenters. The van der Waals surface area contributed by atoms with Gasteiger partial charge in [-0.15, -0.1) is 46.2 Å². The zero-order valence-corrected chi connectivity index (χ0v) is 96.0. The van der Waals surface area contributed by atoms with Crippen molar-refractivity contribution >= 4 is 77.7 Å². The number of hydrogen-bond donors (Lipinski definition) is 0. The van der Waals surface area contributed by atoms with E-state index < -0.39 is 0 Å². The summed E-state index contributed by atoms with van der Waals surface area (Å²) in [6.45, 7) is 112. The summed E-state index contributed by atoms with van der Waals surface area (Å²) in [5, 5.41) is 11.7. The van der Waals surface area contributed by atoms with Crippen LogP contribution in [0.3, 0.4) is 0 Å². The van der Waals surface area contributed by atoms with Crippen molar-refractivity contribution in [1.29, 1.82) is 0 Å². The molecule has 0 saturated heterocycles. The van der Waals surface area contributed by atoms with Crippen molar-refractivity contribution in [1.82, 2.24) is 23.5 Å². The quantitative estimate of drug-likeness (QED) is 0.126. The van der Waals surface area contributed by atoms with E-state index in [1.54, 1.807) is 0 Å². The minimum atomic E-state index is 0. The molecule has 720 valence electrons. The van der Waals surface area contributed by atoms with Crippen molar-refractivity contribution in [3.63, 3.8) is 0 Å². The van der Waals surface area contributed by atoms with E-state index in [0.717, 1.165) is 28.8 Å². The largest absolute Gasteiger partial charge is 0.388 e. The van der Waals surface area contributed by atoms with Gasteiger partial charge in [0.05, 0.1) is 22.4 Å². The fraction of sp³-hybridized carbons (Fsp3) is 0.406. The molecule has 0 bridgehead atoms. The van der Waals surface area contributed by atoms with Gasteiger partial charge in [-0.1, -0.05) is 133 Å². The SMILES string of the molecule is C.C=C(c1c(C)c(C)c(C)c(C)c1C)c1c2c(C)c(C)c(C)c(C)c2nn1C.C=C(c1c(C)c(C)c(C)c(C)c1C)c1cn(C)c2c(C)c(C)c(C)c(C)c12.CC/C(=C1\C=Nc2c(C)c(C)c(C)c(C)c21)c1c(C)c(C)c(C)c(C)c1C.Cc1c(C)c(C)c([CH-]c2c3c(C)c(C)c(C)c(C)c3cn2C)c(C)c1C.Cc1c(C)c(C)c([CH-]c2cn(C)c3c(C)c(C)c(C)c(C)c23)c(C)c1C.[V].[V]. The summed E-state index contributed by atoms with van der Waals surface area (Å²) >= 11 is 0. The molecule has 5 heterocycles. The number of nitrogens with zero attached hydrogens (tertiary/aromatic N) is 6. The van der Waals surface area contributed by atoms with Crippen LogP contribution in [0.1, 0.15) is 327 Å². The van der Waals surface area contributed by atoms with E-state index in [9.17, 15) is 0 Å². The van der Waals surface area contributed by atoms with E-state index in [-0.39, 0.29) is 44.5 Å². The Morgan fingerprint density at radius 3 is 1.00 bits per heavy atom. The molecule has 14 aromatic rings. The third kappa shape index (κ3) is 18.2. The summed E-state index contributed by atoms with van der Waals surface area (Å²) in [4.78, 5) is 4.88. The molecule has 0 aliphatic carbocycles. The van der Waals surface area contributed by atoms with E-state index in [0.29, 0.717) is 0 Å². The summed E-state index contributed by atoms with van der Waals surface area (Å²) in [6.07, 6.45) is 14.8. The maximum absolute atomic E-state index is 4.90. The number of aliphatic imine (C=N–C) groups is 1. The smallest absolute Gasteiger partial charge is 0.0964 e. The molecule has 15 rings (SSSR count). The molecule has 8 heteroatoms. The van der Waals surface area contributed by atoms with Gasteiger partial charge in [0, 0.05) is 122 Å². The van der Waals surface area contributed by atoms with Crippen LogP contribution in [0.2, 0.25) is 0 Å². The van der Waals surface area contributed by atoms with Crippen LogP contribution in [0.25, 0.3) is 65.8 Å². The van der Waals surface area contributed by atoms with Crippen LogP contribution in [0.5, 0.6) is 0 Å². The van der Waals surface area contributed by atoms with Gasteiger partial charge in [0.15, 0.2) is 0 Å². The maximum atomic E-state index is 4.90. The van der Waals surface area contributed by atoms with E-state index >= 15 is 0 Å². The molecule has 0 N–H and O–H groups in total. The third-order valence-corrected chi connectivity index (χ3v) is 35.5. The van der Waals surface area contributed by atoms with Crippen molar-refractivity contribution in [2.45, 2.75) is 332 Å². The third-order valence-electron chi connectivity index (χ3n) is 35.5. The number of rotatable bonds is 10. The summed E-state index contributed by atoms with van der Waals surface area (Å²) in [7, 11) is 8.55. The van der Waals surface area contributed by atoms with Crippen LogP contribution < -0.4 is 0 Å². The molecular formula is C128H166N6V2-2. The Balaban J connectivity index is 0.000000208. The van der Waals surface area contributed by atoms with Crippen LogP contribution in [0.15, 0.2) is 36.7 Å². The fourth-order valence-electron chi connectivity index (χ4n) is 22.6. The topological polar surface area (TPSA) is 45.0 Å². The average molecular weight is 1890 g/mol. The van der Waals surface area contributed by atoms with Gasteiger partial charge < -0.3 is 13.7 Å². The summed E-state index contributed by atoms with van der Waals surface area (Å²) in [6, 6.07) is 0. The first-order chi connectivity index (χ1) is 61.8. The number of benzene rings is 10. The first kappa shape index (κ1) is 111. The van der Waals surface area contributed by atoms with Gasteiger partial charge in [-0.25, -0.2) is 0 Å². The normalized spacial score (nSPS) is 11.9. The molecule has 0 spiro atoms. The zero-order valence-electron chi connectivity index (χ0n) is 93.2. The fourth-order valence-corrected chi connectivity index (χ4v) is 22.6. The second-order valence-electron chi connectivity index (χ2n) is 41.0. The predicted molar refractivity (Wildman–Crippen MR) is 595 cm³/mol. The van der Waals surface area contributed by atoms with Crippen LogP contribution >= 0.6 is 0 Å². The molecule has 2 radical (unpaired) electrons. The number of allylic oxidation sites excluding steroid dienone is 2. The van der Waals surface area contributed by atoms with E-state index in [1.165, 1.54) is 355 Å². The van der Waals surface area contributed by atoms with Crippen LogP contribution in [-0.2, 0) is 65.3 Å². The summed E-state index contributed by atoms with van der Waals surface area (Å²) < 4.78 is 8.90. The minimum Gasteiger partial charge on any atom is -0.388 e. The number of hydrogen-bond acceptors (Lipinski definition) is 2. The number of fused-ring (bicyclic) bond motifs is 5. The first-order valence-corrected chi connectivity index (χ1v) is 48.7. The standard InChI is InChI=1S/2C26H33N.C25H32N2.2C25H32N.CH4.2V/c1-13-14(2)18(6)24(19(7)15(13)3)22(10)23-12-27(11)26-21(9)17(5)16(4)20(8)25(23)26;1-11-22(24-18(7)14(3)13(2)15(4)19(24)8)23-12-27-26-21(10)17(6)16(5)20(9)25(23)26;1-12-13(2)17(6)22(18(7)14(12)3)21(10)25-23-19(8)15(4)16(5)20(9)24(23)26-27(25)11;1-13-14(2)18(6)22(19(7)15(13)3)11-24-25-21(9)17(5)16(4)20(8)23(25)12-26(24)10;1-13-14(2)18(6)23(19(7)15(13)3)11-22-12-26(10)25-21(9)17(5)16(4)20(8)24(22)25;;;/h12H,10H2,1-9,11H3;12H,11H2,1-10H3;10H2,1-9,11H3;2*11-12H,1-10H3;1H4;;/q;;;2*-1;;;/b;23-22-;;;;;;. The Hall–Kier alpha value is -9.91. The van der Waals surface area contributed by atoms with Gasteiger partial charge in [-0.2, -0.15) is 5.10 Å². The molecule has 10 aromatic carbocycles. The molecule has 6 nitrogen and oxygen atoms in total. The Labute approximate surface area is 848 Å². The predicted octanol–water partition coefficient (Wildman–Crippen LogP) is 34.7. The van der Waals surface area contributed by atoms with Crippen LogP contribution in [0.4, 0.5) is 5.69 Å². The maximum Gasteiger partial charge on any atom is 0.0964 e. The molecule has 0 fully saturated rings. The molecule has 0 saturated carbocycles. The van der Waals surface area contributed by atoms with Gasteiger partial charge in [0.2, 0.25) is 0 Å². The van der Waals surface area contributed by atoms with E-state index in [2.05, 4.69) is 404 Å². The van der Waals surface area contributed by atoms with E-state index in [4.69, 9.17) is 10.1 Å². The molecule has 136 heavy (non-hydrogen) atoms. The molecular weight excluding hydrogens is 1720 g/mol. The zero-order chi connectivity index (χ0) is 99.9. The molecule has 1 aliphatic rings. The van der Waals surface area contributed by atoms with Gasteiger partial charge in [0.25, 0.3) is 0 Å². The Morgan fingerprint density at radius 2 is 0.588 bits per heavy atom. The van der Waals surface area contributed by atoms with Crippen molar-refractivity contribution < 1.29 is 37.1 Å². The van der Waals surface area contributed by atoms with Crippen molar-refractivity contribution in [2.75, 3.05) is 0 Å². The number of aryl methyl sites for hydroxylation is 12. The van der Waals surface area contributed by atoms with Gasteiger partial charge in [-0.05, 0) is 502 Å². The first-order valence-electron chi connectivity index (χ1n) is 48.7. The Morgan fingerprint density at radius 1 is 0.287 bits per heavy atom. The van der Waals surface area contributed by atoms with Crippen LogP contribution in [-0.4, -0.2) is 29.7 Å². The Bertz CT molecular complexity index is 7230. The van der Waals surface area contributed by atoms with Gasteiger partial charge in [-0.3, -0.25) is 9.67 Å². The Kier molecular flexibility index (Phi) is 34.1. The molecule has 4 aromatic heterocycles. The van der Waals surface area contributed by atoms with E-state index in [1.807, 2.05) is 11.7 Å². The molecule has 0 amide bonds. The monoisotopic (exact) mass is 1890 g/mol. The average Bonchev–Trinajstić information content (AvgIpc) is 1.62. The van der Waals surface area contributed by atoms with Crippen LogP contribution in [0, 0.1) is 324 Å². The molecule has 0 atom stereocenters. The minimum absolute atomic E-state index is 0. The van der Waals surface area contributed by atoms with Gasteiger partial charge >= 0.3 is 0 Å². The summed E-state index contributed by atoms with van der Waals surface area (Å²) in [5.41, 5.74) is 85.6. The number of aromatic nitrogens is 5. The molecule has 1 aliphatic heterocycles. The van der Waals surface area contributed by atoms with Crippen molar-refractivity contribution in [3.8, 4) is 0 Å². The van der Waals surface area contributed by atoms with Crippen molar-refractivity contribution in [2.24, 2.45) is 33.2 Å². The van der Waals surface area contributed by atoms with Crippen molar-refractivity contribution in [3.05, 3.63) is 351 Å². The van der Waals surface area contributed by atoms with Gasteiger partial charge in [0.1, 0.15) is 0 Å².